The summed E-state index contributed by atoms with van der Waals surface area (Å²) >= 11 is 0. The molecule has 6 unspecified atom stereocenters. The zero-order valence-electron chi connectivity index (χ0n) is 13.9. The molecule has 1 aromatic rings. The predicted molar refractivity (Wildman–Crippen MR) is 85.2 cm³/mol. The standard InChI is InChI=1S/C18H20O7/c1-9-14-11(5-6-23-9)15(16-18(14,8-19)25-16)24-17(21)10-3-4-12(20)13(7-10)22-2/h3-7,9,11,14-16,19-20H,8H2,1-2H3. The number of hydrogen-bond acceptors (Lipinski definition) is 7. The lowest BCUT2D eigenvalue weighted by atomic mass is 9.82. The molecule has 2 N–H and O–H groups in total. The van der Waals surface area contributed by atoms with Gasteiger partial charge in [-0.25, -0.2) is 4.79 Å². The zero-order valence-corrected chi connectivity index (χ0v) is 13.9. The van der Waals surface area contributed by atoms with Crippen LogP contribution in [0.5, 0.6) is 11.5 Å². The Morgan fingerprint density at radius 2 is 2.20 bits per heavy atom. The van der Waals surface area contributed by atoms with Crippen LogP contribution in [0.1, 0.15) is 17.3 Å². The summed E-state index contributed by atoms with van der Waals surface area (Å²) < 4.78 is 22.0. The number of phenolic OH excluding ortho intramolecular Hbond substituents is 1. The van der Waals surface area contributed by atoms with Crippen molar-refractivity contribution in [3.8, 4) is 11.5 Å². The van der Waals surface area contributed by atoms with E-state index in [1.54, 1.807) is 6.26 Å². The van der Waals surface area contributed by atoms with Gasteiger partial charge in [-0.1, -0.05) is 0 Å². The van der Waals surface area contributed by atoms with Crippen LogP contribution < -0.4 is 4.74 Å². The van der Waals surface area contributed by atoms with E-state index < -0.39 is 17.7 Å². The van der Waals surface area contributed by atoms with E-state index in [1.807, 2.05) is 13.0 Å². The third kappa shape index (κ3) is 2.30. The van der Waals surface area contributed by atoms with E-state index in [-0.39, 0.29) is 47.7 Å². The van der Waals surface area contributed by atoms with Crippen LogP contribution in [0.15, 0.2) is 30.5 Å². The van der Waals surface area contributed by atoms with Crippen molar-refractivity contribution < 1.29 is 34.0 Å². The number of aliphatic hydroxyl groups excluding tert-OH is 1. The Hall–Kier alpha value is -2.25. The number of esters is 1. The van der Waals surface area contributed by atoms with Crippen molar-refractivity contribution in [2.24, 2.45) is 11.8 Å². The molecule has 0 aromatic heterocycles. The van der Waals surface area contributed by atoms with Gasteiger partial charge in [0, 0.05) is 11.8 Å². The van der Waals surface area contributed by atoms with Crippen molar-refractivity contribution in [3.63, 3.8) is 0 Å². The summed E-state index contributed by atoms with van der Waals surface area (Å²) in [4.78, 5) is 12.6. The molecule has 4 rings (SSSR count). The zero-order chi connectivity index (χ0) is 17.8. The molecule has 25 heavy (non-hydrogen) atoms. The Balaban J connectivity index is 1.58. The first-order chi connectivity index (χ1) is 12.0. The molecule has 0 spiro atoms. The largest absolute Gasteiger partial charge is 0.504 e. The van der Waals surface area contributed by atoms with Gasteiger partial charge in [-0.15, -0.1) is 0 Å². The van der Waals surface area contributed by atoms with E-state index in [1.165, 1.54) is 25.3 Å². The van der Waals surface area contributed by atoms with E-state index in [0.717, 1.165) is 0 Å². The third-order valence-corrected chi connectivity index (χ3v) is 5.43. The number of rotatable bonds is 4. The summed E-state index contributed by atoms with van der Waals surface area (Å²) in [6, 6.07) is 4.29. The molecule has 0 amide bonds. The quantitative estimate of drug-likeness (QED) is 0.624. The summed E-state index contributed by atoms with van der Waals surface area (Å²) in [5.74, 6) is -0.521. The van der Waals surface area contributed by atoms with Crippen molar-refractivity contribution in [1.82, 2.24) is 0 Å². The molecule has 2 aliphatic heterocycles. The van der Waals surface area contributed by atoms with Crippen molar-refractivity contribution in [1.29, 1.82) is 0 Å². The van der Waals surface area contributed by atoms with Gasteiger partial charge in [0.05, 0.1) is 25.5 Å². The lowest BCUT2D eigenvalue weighted by Crippen LogP contribution is -2.41. The van der Waals surface area contributed by atoms with Gasteiger partial charge in [0.15, 0.2) is 11.5 Å². The van der Waals surface area contributed by atoms with Gasteiger partial charge in [-0.05, 0) is 31.2 Å². The Kier molecular flexibility index (Phi) is 3.66. The maximum atomic E-state index is 12.6. The fourth-order valence-corrected chi connectivity index (χ4v) is 4.20. The molecule has 2 heterocycles. The fraction of sp³-hybridized carbons (Fsp3) is 0.500. The number of methoxy groups -OCH3 is 1. The van der Waals surface area contributed by atoms with Crippen molar-refractivity contribution in [2.45, 2.75) is 30.8 Å². The smallest absolute Gasteiger partial charge is 0.338 e. The van der Waals surface area contributed by atoms with Gasteiger partial charge in [0.2, 0.25) is 0 Å². The second-order valence-electron chi connectivity index (χ2n) is 6.68. The van der Waals surface area contributed by atoms with Crippen molar-refractivity contribution in [3.05, 3.63) is 36.1 Å². The summed E-state index contributed by atoms with van der Waals surface area (Å²) in [5.41, 5.74) is -0.427. The molecule has 7 heteroatoms. The van der Waals surface area contributed by atoms with Crippen LogP contribution in [0.3, 0.4) is 0 Å². The van der Waals surface area contributed by atoms with Gasteiger partial charge in [0.1, 0.15) is 23.9 Å². The van der Waals surface area contributed by atoms with Gasteiger partial charge in [0.25, 0.3) is 0 Å². The number of epoxide rings is 1. The number of aliphatic hydroxyl groups is 1. The normalized spacial score (nSPS) is 37.6. The molecule has 6 atom stereocenters. The number of benzene rings is 1. The number of hydrogen-bond donors (Lipinski definition) is 2. The first kappa shape index (κ1) is 16.2. The minimum atomic E-state index is -0.702. The Bertz CT molecular complexity index is 730. The average molecular weight is 348 g/mol. The first-order valence-corrected chi connectivity index (χ1v) is 8.20. The van der Waals surface area contributed by atoms with Crippen LogP contribution in [-0.2, 0) is 14.2 Å². The lowest BCUT2D eigenvalue weighted by molar-refractivity contribution is -0.0486. The molecule has 1 saturated carbocycles. The topological polar surface area (TPSA) is 97.8 Å². The molecule has 2 fully saturated rings. The van der Waals surface area contributed by atoms with Crippen LogP contribution in [-0.4, -0.2) is 53.8 Å². The first-order valence-electron chi connectivity index (χ1n) is 8.20. The second kappa shape index (κ2) is 5.64. The highest BCUT2D eigenvalue weighted by Gasteiger charge is 2.76. The number of carbonyl (C=O) groups is 1. The van der Waals surface area contributed by atoms with Crippen molar-refractivity contribution in [2.75, 3.05) is 13.7 Å². The summed E-state index contributed by atoms with van der Waals surface area (Å²) in [6.45, 7) is 1.79. The highest BCUT2D eigenvalue weighted by molar-refractivity contribution is 5.90. The molecule has 0 radical (unpaired) electrons. The highest BCUT2D eigenvalue weighted by Crippen LogP contribution is 2.60. The maximum Gasteiger partial charge on any atom is 0.338 e. The van der Waals surface area contributed by atoms with Gasteiger partial charge in [-0.3, -0.25) is 0 Å². The molecule has 1 aliphatic carbocycles. The van der Waals surface area contributed by atoms with E-state index in [0.29, 0.717) is 0 Å². The molecule has 3 aliphatic rings. The van der Waals surface area contributed by atoms with E-state index in [9.17, 15) is 15.0 Å². The lowest BCUT2D eigenvalue weighted by Gasteiger charge is -2.34. The van der Waals surface area contributed by atoms with Gasteiger partial charge < -0.3 is 29.2 Å². The minimum absolute atomic E-state index is 0.0500. The molecular formula is C18H20O7. The van der Waals surface area contributed by atoms with Crippen molar-refractivity contribution >= 4 is 5.97 Å². The SMILES string of the molecule is COc1cc(C(=O)OC2C3C=COC(C)C3C3(CO)OC23)ccc1O. The number of ether oxygens (including phenoxy) is 4. The minimum Gasteiger partial charge on any atom is -0.504 e. The Morgan fingerprint density at radius 1 is 1.40 bits per heavy atom. The maximum absolute atomic E-state index is 12.6. The van der Waals surface area contributed by atoms with Gasteiger partial charge >= 0.3 is 5.97 Å². The number of fused-ring (bicyclic) bond motifs is 3. The summed E-state index contributed by atoms with van der Waals surface area (Å²) in [7, 11) is 1.41. The Morgan fingerprint density at radius 3 is 2.92 bits per heavy atom. The van der Waals surface area contributed by atoms with E-state index >= 15 is 0 Å². The fourth-order valence-electron chi connectivity index (χ4n) is 4.20. The van der Waals surface area contributed by atoms with Crippen LogP contribution in [0.2, 0.25) is 0 Å². The van der Waals surface area contributed by atoms with Crippen LogP contribution in [0, 0.1) is 11.8 Å². The van der Waals surface area contributed by atoms with Crippen LogP contribution in [0.4, 0.5) is 0 Å². The number of carbonyl (C=O) groups excluding carboxylic acids is 1. The summed E-state index contributed by atoms with van der Waals surface area (Å²) in [6.07, 6.45) is 2.51. The molecule has 134 valence electrons. The predicted octanol–water partition coefficient (Wildman–Crippen LogP) is 1.23. The molecule has 1 aromatic carbocycles. The third-order valence-electron chi connectivity index (χ3n) is 5.43. The molecule has 1 saturated heterocycles. The Labute approximate surface area is 144 Å². The molecular weight excluding hydrogens is 328 g/mol. The second-order valence-corrected chi connectivity index (χ2v) is 6.68. The van der Waals surface area contributed by atoms with Crippen LogP contribution in [0.25, 0.3) is 0 Å². The average Bonchev–Trinajstić information content (AvgIpc) is 3.28. The van der Waals surface area contributed by atoms with Crippen LogP contribution >= 0.6 is 0 Å². The van der Waals surface area contributed by atoms with E-state index in [4.69, 9.17) is 18.9 Å². The number of aromatic hydroxyl groups is 1. The monoisotopic (exact) mass is 348 g/mol. The molecule has 7 nitrogen and oxygen atoms in total. The summed E-state index contributed by atoms with van der Waals surface area (Å²) in [5, 5.41) is 19.5. The molecule has 0 bridgehead atoms. The number of phenols is 1. The van der Waals surface area contributed by atoms with E-state index in [2.05, 4.69) is 0 Å². The van der Waals surface area contributed by atoms with Gasteiger partial charge in [-0.2, -0.15) is 0 Å². The highest BCUT2D eigenvalue weighted by atomic mass is 16.7.